The van der Waals surface area contributed by atoms with Gasteiger partial charge in [0, 0.05) is 17.1 Å². The largest absolute Gasteiger partial charge is 0.486 e. The van der Waals surface area contributed by atoms with Crippen LogP contribution >= 0.6 is 11.8 Å². The number of aromatic nitrogens is 1. The van der Waals surface area contributed by atoms with E-state index in [-0.39, 0.29) is 18.0 Å². The molecule has 1 amide bonds. The predicted octanol–water partition coefficient (Wildman–Crippen LogP) is 5.41. The molecule has 1 N–H and O–H groups in total. The summed E-state index contributed by atoms with van der Waals surface area (Å²) in [4.78, 5) is 17.1. The summed E-state index contributed by atoms with van der Waals surface area (Å²) in [7, 11) is 0. The third kappa shape index (κ3) is 4.33. The number of amides is 1. The van der Waals surface area contributed by atoms with Crippen LogP contribution in [-0.4, -0.2) is 38.1 Å². The number of nitrogens with one attached hydrogen (secondary N) is 1. The second-order valence-electron chi connectivity index (χ2n) is 8.57. The Morgan fingerprint density at radius 2 is 1.86 bits per heavy atom. The molecule has 2 aromatic carbocycles. The fraction of sp³-hybridized carbons (Fsp3) is 0.185. The van der Waals surface area contributed by atoms with E-state index in [4.69, 9.17) is 10.1 Å². The molecular weight excluding hydrogens is 458 g/mol. The van der Waals surface area contributed by atoms with E-state index in [2.05, 4.69) is 39.8 Å². The van der Waals surface area contributed by atoms with Crippen molar-refractivity contribution in [1.82, 2.24) is 9.58 Å². The molecule has 0 radical (unpaired) electrons. The number of fused-ring (bicyclic) bond motifs is 1. The van der Waals surface area contributed by atoms with Crippen molar-refractivity contribution in [3.8, 4) is 11.4 Å². The Morgan fingerprint density at radius 1 is 1.06 bits per heavy atom. The molecule has 0 unspecified atom stereocenters. The lowest BCUT2D eigenvalue weighted by atomic mass is 10.1. The maximum atomic E-state index is 12.9. The Kier molecular flexibility index (Phi) is 5.90. The first-order valence-electron chi connectivity index (χ1n) is 11.3. The number of benzene rings is 2. The Morgan fingerprint density at radius 3 is 2.63 bits per heavy atom. The van der Waals surface area contributed by atoms with E-state index in [0.29, 0.717) is 10.2 Å². The van der Waals surface area contributed by atoms with Crippen LogP contribution in [0, 0.1) is 33.1 Å². The van der Waals surface area contributed by atoms with Crippen molar-refractivity contribution >= 4 is 39.8 Å². The van der Waals surface area contributed by atoms with Gasteiger partial charge in [-0.15, -0.1) is 0 Å². The molecule has 1 aromatic heterocycles. The molecule has 0 fully saturated rings. The number of carbonyl (C=O) groups is 1. The first-order valence-corrected chi connectivity index (χ1v) is 12.1. The van der Waals surface area contributed by atoms with Crippen LogP contribution in [0.1, 0.15) is 28.1 Å². The van der Waals surface area contributed by atoms with Crippen LogP contribution < -0.4 is 4.74 Å². The van der Waals surface area contributed by atoms with Crippen molar-refractivity contribution in [1.29, 1.82) is 5.41 Å². The zero-order valence-corrected chi connectivity index (χ0v) is 20.8. The fourth-order valence-corrected chi connectivity index (χ4v) is 5.00. The van der Waals surface area contributed by atoms with E-state index in [1.165, 1.54) is 22.3 Å². The van der Waals surface area contributed by atoms with Crippen molar-refractivity contribution in [2.45, 2.75) is 27.7 Å². The van der Waals surface area contributed by atoms with Gasteiger partial charge in [-0.2, -0.15) is 15.1 Å². The monoisotopic (exact) mass is 483 g/mol. The number of amidine groups is 2. The second-order valence-corrected chi connectivity index (χ2v) is 9.61. The molecule has 176 valence electrons. The lowest BCUT2D eigenvalue weighted by Crippen LogP contribution is -2.35. The van der Waals surface area contributed by atoms with Crippen LogP contribution in [0.15, 0.2) is 70.3 Å². The average molecular weight is 484 g/mol. The molecule has 35 heavy (non-hydrogen) atoms. The summed E-state index contributed by atoms with van der Waals surface area (Å²) < 4.78 is 8.04. The van der Waals surface area contributed by atoms with Gasteiger partial charge in [-0.25, -0.2) is 0 Å². The highest BCUT2D eigenvalue weighted by Crippen LogP contribution is 2.30. The van der Waals surface area contributed by atoms with Crippen LogP contribution in [0.3, 0.4) is 0 Å². The summed E-state index contributed by atoms with van der Waals surface area (Å²) >= 11 is 1.25. The predicted molar refractivity (Wildman–Crippen MR) is 142 cm³/mol. The van der Waals surface area contributed by atoms with E-state index in [0.717, 1.165) is 34.0 Å². The van der Waals surface area contributed by atoms with Gasteiger partial charge in [0.2, 0.25) is 5.17 Å². The number of hydrogen-bond donors (Lipinski definition) is 1. The fourth-order valence-electron chi connectivity index (χ4n) is 4.20. The van der Waals surface area contributed by atoms with Gasteiger partial charge in [0.15, 0.2) is 5.84 Å². The van der Waals surface area contributed by atoms with E-state index >= 15 is 0 Å². The Hall–Kier alpha value is -3.91. The summed E-state index contributed by atoms with van der Waals surface area (Å²) in [5.41, 5.74) is 6.38. The van der Waals surface area contributed by atoms with Gasteiger partial charge in [0.25, 0.3) is 5.91 Å². The van der Waals surface area contributed by atoms with Gasteiger partial charge in [0.05, 0.1) is 5.57 Å². The van der Waals surface area contributed by atoms with Gasteiger partial charge in [0.1, 0.15) is 17.4 Å². The molecule has 0 saturated heterocycles. The lowest BCUT2D eigenvalue weighted by molar-refractivity contribution is -0.114. The maximum Gasteiger partial charge on any atom is 0.283 e. The zero-order chi connectivity index (χ0) is 24.7. The summed E-state index contributed by atoms with van der Waals surface area (Å²) in [5, 5.41) is 15.6. The minimum atomic E-state index is -0.439. The number of ether oxygens (including phenoxy) is 1. The molecule has 8 heteroatoms. The number of thioether (sulfide) groups is 1. The number of hydrogen-bond acceptors (Lipinski definition) is 5. The SMILES string of the molecule is Cc1cccc(-n2c(C)cc(C=C3C(=N)N4N=C(COc5ccccc5C)SC4=NC3=O)c2C)c1. The summed E-state index contributed by atoms with van der Waals surface area (Å²) in [6.07, 6.45) is 1.74. The third-order valence-corrected chi connectivity index (χ3v) is 6.85. The number of para-hydroxylation sites is 1. The minimum absolute atomic E-state index is 0.0127. The first kappa shape index (κ1) is 22.9. The third-order valence-electron chi connectivity index (χ3n) is 5.97. The standard InChI is InChI=1S/C27H25N5O2S/c1-16-8-7-10-21(12-16)31-18(3)13-20(19(31)4)14-22-25(28)32-27(29-26(22)33)35-24(30-32)15-34-23-11-6-5-9-17(23)2/h5-14,28H,15H2,1-4H3. The van der Waals surface area contributed by atoms with Crippen LogP contribution in [0.2, 0.25) is 0 Å². The van der Waals surface area contributed by atoms with Crippen LogP contribution in [-0.2, 0) is 4.79 Å². The first-order chi connectivity index (χ1) is 16.8. The highest BCUT2D eigenvalue weighted by atomic mass is 32.2. The van der Waals surface area contributed by atoms with Crippen LogP contribution in [0.25, 0.3) is 11.8 Å². The summed E-state index contributed by atoms with van der Waals surface area (Å²) in [6.45, 7) is 8.33. The second kappa shape index (κ2) is 9.03. The van der Waals surface area contributed by atoms with Gasteiger partial charge in [-0.1, -0.05) is 30.3 Å². The normalized spacial score (nSPS) is 16.5. The molecule has 0 aliphatic carbocycles. The van der Waals surface area contributed by atoms with Crippen molar-refractivity contribution < 1.29 is 9.53 Å². The molecule has 5 rings (SSSR count). The highest BCUT2D eigenvalue weighted by Gasteiger charge is 2.36. The molecule has 3 aromatic rings. The maximum absolute atomic E-state index is 12.9. The molecular formula is C27H25N5O2S. The topological polar surface area (TPSA) is 83.0 Å². The molecule has 0 atom stereocenters. The Balaban J connectivity index is 1.41. The van der Waals surface area contributed by atoms with Crippen molar-refractivity contribution in [3.63, 3.8) is 0 Å². The van der Waals surface area contributed by atoms with E-state index in [9.17, 15) is 4.79 Å². The number of hydrazone groups is 1. The number of aliphatic imine (C=N–C) groups is 1. The highest BCUT2D eigenvalue weighted by molar-refractivity contribution is 8.27. The Labute approximate surface area is 208 Å². The Bertz CT molecular complexity index is 1460. The van der Waals surface area contributed by atoms with Gasteiger partial charge >= 0.3 is 0 Å². The van der Waals surface area contributed by atoms with E-state index in [1.807, 2.05) is 57.2 Å². The van der Waals surface area contributed by atoms with Gasteiger partial charge < -0.3 is 9.30 Å². The molecule has 2 aliphatic rings. The summed E-state index contributed by atoms with van der Waals surface area (Å²) in [5.74, 6) is 0.349. The van der Waals surface area contributed by atoms with Gasteiger partial charge in [-0.3, -0.25) is 10.2 Å². The molecule has 3 heterocycles. The van der Waals surface area contributed by atoms with Crippen LogP contribution in [0.4, 0.5) is 0 Å². The van der Waals surface area contributed by atoms with Crippen molar-refractivity contribution in [2.24, 2.45) is 10.1 Å². The minimum Gasteiger partial charge on any atom is -0.486 e. The zero-order valence-electron chi connectivity index (χ0n) is 20.0. The lowest BCUT2D eigenvalue weighted by Gasteiger charge is -2.20. The number of aryl methyl sites for hydroxylation is 3. The van der Waals surface area contributed by atoms with Crippen molar-refractivity contribution in [2.75, 3.05) is 6.61 Å². The molecule has 0 spiro atoms. The smallest absolute Gasteiger partial charge is 0.283 e. The van der Waals surface area contributed by atoms with E-state index < -0.39 is 5.91 Å². The van der Waals surface area contributed by atoms with E-state index in [1.54, 1.807) is 6.08 Å². The number of carbonyl (C=O) groups excluding carboxylic acids is 1. The molecule has 0 bridgehead atoms. The van der Waals surface area contributed by atoms with Crippen LogP contribution in [0.5, 0.6) is 5.75 Å². The number of rotatable bonds is 5. The average Bonchev–Trinajstić information content (AvgIpc) is 3.35. The quantitative estimate of drug-likeness (QED) is 0.492. The van der Waals surface area contributed by atoms with Crippen molar-refractivity contribution in [3.05, 3.63) is 88.2 Å². The number of nitrogens with zero attached hydrogens (tertiary/aromatic N) is 4. The molecule has 7 nitrogen and oxygen atoms in total. The van der Waals surface area contributed by atoms with Gasteiger partial charge in [-0.05, 0) is 86.5 Å². The molecule has 0 saturated carbocycles. The summed E-state index contributed by atoms with van der Waals surface area (Å²) in [6, 6.07) is 18.1. The molecule has 2 aliphatic heterocycles.